The highest BCUT2D eigenvalue weighted by Crippen LogP contribution is 2.36. The summed E-state index contributed by atoms with van der Waals surface area (Å²) >= 11 is 1.99. The van der Waals surface area contributed by atoms with E-state index in [4.69, 9.17) is 4.52 Å². The van der Waals surface area contributed by atoms with Gasteiger partial charge in [0.2, 0.25) is 5.58 Å². The van der Waals surface area contributed by atoms with Crippen LogP contribution in [0.4, 0.5) is 8.78 Å². The second-order valence-corrected chi connectivity index (χ2v) is 18.8. The van der Waals surface area contributed by atoms with E-state index >= 15 is 4.39 Å². The van der Waals surface area contributed by atoms with Crippen LogP contribution in [0.5, 0.6) is 0 Å². The van der Waals surface area contributed by atoms with Gasteiger partial charge in [-0.1, -0.05) is 55.1 Å². The lowest BCUT2D eigenvalue weighted by atomic mass is 9.94. The van der Waals surface area contributed by atoms with E-state index in [2.05, 4.69) is 50.4 Å². The van der Waals surface area contributed by atoms with Crippen LogP contribution < -0.4 is 9.91 Å². The molecule has 0 saturated carbocycles. The van der Waals surface area contributed by atoms with Gasteiger partial charge in [-0.15, -0.1) is 4.72 Å². The first kappa shape index (κ1) is 27.9. The predicted octanol–water partition coefficient (Wildman–Crippen LogP) is 6.81. The van der Waals surface area contributed by atoms with Crippen molar-refractivity contribution in [3.05, 3.63) is 76.0 Å². The summed E-state index contributed by atoms with van der Waals surface area (Å²) in [4.78, 5) is 4.48. The van der Waals surface area contributed by atoms with Crippen molar-refractivity contribution in [2.45, 2.75) is 57.6 Å². The quantitative estimate of drug-likeness (QED) is 0.142. The summed E-state index contributed by atoms with van der Waals surface area (Å²) in [7, 11) is -2.01. The van der Waals surface area contributed by atoms with Gasteiger partial charge in [-0.2, -0.15) is 0 Å². The van der Waals surface area contributed by atoms with Crippen LogP contribution in [0.3, 0.4) is 0 Å². The molecule has 0 aliphatic carbocycles. The maximum atomic E-state index is 15.8. The second kappa shape index (κ2) is 10.6. The van der Waals surface area contributed by atoms with Crippen LogP contribution in [0, 0.1) is 11.6 Å². The van der Waals surface area contributed by atoms with E-state index in [1.165, 1.54) is 6.07 Å². The molecule has 2 aromatic carbocycles. The molecular weight excluding hydrogens is 576 g/mol. The van der Waals surface area contributed by atoms with Gasteiger partial charge in [0.1, 0.15) is 20.9 Å². The molecule has 196 valence electrons. The molecule has 1 unspecified atom stereocenters. The van der Waals surface area contributed by atoms with Crippen molar-refractivity contribution in [1.82, 2.24) is 14.9 Å². The Morgan fingerprint density at radius 2 is 1.81 bits per heavy atom. The average Bonchev–Trinajstić information content (AvgIpc) is 3.24. The van der Waals surface area contributed by atoms with Gasteiger partial charge in [-0.3, -0.25) is 0 Å². The lowest BCUT2D eigenvalue weighted by Crippen LogP contribution is -2.43. The normalized spacial score (nSPS) is 14.2. The smallest absolute Gasteiger partial charge is 0.203 e. The molecule has 0 radical (unpaired) electrons. The minimum atomic E-state index is -2.01. The zero-order chi connectivity index (χ0) is 27.1. The van der Waals surface area contributed by atoms with Gasteiger partial charge in [0.25, 0.3) is 0 Å². The molecule has 0 bridgehead atoms. The standard InChI is InChI=1S/C27H30BrF2N3O2SSi/c1-27(2,3)36(34)33-20(14-21-24(30)22(37(4,5)6)15-23(28)31-21)16-10-7-8-11-17(16)25-18-12-9-13-19(29)26(18)35-32-25/h7-13,15,20,33H,14H2,1-6H3/t20?,36-/m0/s1. The number of rotatable bonds is 7. The first-order valence-electron chi connectivity index (χ1n) is 11.9. The van der Waals surface area contributed by atoms with Crippen molar-refractivity contribution in [3.63, 3.8) is 0 Å². The summed E-state index contributed by atoms with van der Waals surface area (Å²) in [6.45, 7) is 11.8. The molecule has 0 saturated heterocycles. The number of halogens is 3. The third-order valence-electron chi connectivity index (χ3n) is 6.05. The van der Waals surface area contributed by atoms with E-state index in [1.54, 1.807) is 18.2 Å². The summed E-state index contributed by atoms with van der Waals surface area (Å²) in [6.07, 6.45) is 0.145. The van der Waals surface area contributed by atoms with Crippen LogP contribution >= 0.6 is 15.9 Å². The zero-order valence-corrected chi connectivity index (χ0v) is 25.1. The van der Waals surface area contributed by atoms with E-state index in [9.17, 15) is 8.94 Å². The first-order chi connectivity index (χ1) is 17.3. The van der Waals surface area contributed by atoms with Gasteiger partial charge in [-0.05, 0) is 65.7 Å². The van der Waals surface area contributed by atoms with Crippen molar-refractivity contribution < 1.29 is 17.9 Å². The third-order valence-corrected chi connectivity index (χ3v) is 10.0. The Morgan fingerprint density at radius 3 is 2.49 bits per heavy atom. The Bertz CT molecular complexity index is 1440. The van der Waals surface area contributed by atoms with Crippen molar-refractivity contribution in [1.29, 1.82) is 0 Å². The Hall–Kier alpha value is -2.11. The molecule has 0 aliphatic rings. The number of fused-ring (bicyclic) bond motifs is 1. The van der Waals surface area contributed by atoms with Crippen LogP contribution in [0.15, 0.2) is 57.7 Å². The molecular formula is C27H30BrF2N3O2SSi. The highest BCUT2D eigenvalue weighted by molar-refractivity contribution is 9.10. The van der Waals surface area contributed by atoms with Gasteiger partial charge in [0.15, 0.2) is 5.82 Å². The Labute approximate surface area is 228 Å². The number of para-hydroxylation sites is 1. The topological polar surface area (TPSA) is 74.0 Å². The Morgan fingerprint density at radius 1 is 1.11 bits per heavy atom. The molecule has 4 aromatic rings. The summed E-state index contributed by atoms with van der Waals surface area (Å²) < 4.78 is 52.0. The fraction of sp³-hybridized carbons (Fsp3) is 0.333. The van der Waals surface area contributed by atoms with Gasteiger partial charge in [0, 0.05) is 23.3 Å². The van der Waals surface area contributed by atoms with Crippen molar-refractivity contribution in [2.75, 3.05) is 0 Å². The van der Waals surface area contributed by atoms with E-state index in [0.29, 0.717) is 26.4 Å². The lowest BCUT2D eigenvalue weighted by molar-refractivity contribution is 0.443. The molecule has 37 heavy (non-hydrogen) atoms. The Balaban J connectivity index is 1.87. The summed E-state index contributed by atoms with van der Waals surface area (Å²) in [5, 5.41) is 5.37. The van der Waals surface area contributed by atoms with Crippen LogP contribution in [-0.4, -0.2) is 27.5 Å². The van der Waals surface area contributed by atoms with Gasteiger partial charge in [0.05, 0.1) is 25.2 Å². The van der Waals surface area contributed by atoms with Crippen LogP contribution in [0.1, 0.15) is 38.1 Å². The molecule has 2 heterocycles. The van der Waals surface area contributed by atoms with Crippen LogP contribution in [0.25, 0.3) is 22.2 Å². The number of pyridine rings is 1. The predicted molar refractivity (Wildman–Crippen MR) is 152 cm³/mol. The highest BCUT2D eigenvalue weighted by atomic mass is 79.9. The van der Waals surface area contributed by atoms with Crippen molar-refractivity contribution in [3.8, 4) is 11.3 Å². The minimum absolute atomic E-state index is 0.0644. The average molecular weight is 607 g/mol. The molecule has 1 N–H and O–H groups in total. The summed E-state index contributed by atoms with van der Waals surface area (Å²) in [5.41, 5.74) is 2.21. The minimum Gasteiger partial charge on any atom is -0.598 e. The molecule has 5 nitrogen and oxygen atoms in total. The third kappa shape index (κ3) is 5.98. The van der Waals surface area contributed by atoms with E-state index in [0.717, 1.165) is 5.56 Å². The fourth-order valence-electron chi connectivity index (χ4n) is 4.08. The second-order valence-electron chi connectivity index (χ2n) is 11.0. The number of nitrogens with zero attached hydrogens (tertiary/aromatic N) is 2. The maximum absolute atomic E-state index is 15.8. The van der Waals surface area contributed by atoms with Gasteiger partial charge >= 0.3 is 0 Å². The Kier molecular flexibility index (Phi) is 7.97. The fourth-order valence-corrected chi connectivity index (χ4v) is 6.93. The van der Waals surface area contributed by atoms with Gasteiger partial charge in [-0.25, -0.2) is 13.8 Å². The number of hydrogen-bond acceptors (Lipinski definition) is 5. The van der Waals surface area contributed by atoms with Crippen LogP contribution in [-0.2, 0) is 17.8 Å². The van der Waals surface area contributed by atoms with E-state index < -0.39 is 36.0 Å². The van der Waals surface area contributed by atoms with Crippen LogP contribution in [0.2, 0.25) is 19.6 Å². The highest BCUT2D eigenvalue weighted by Gasteiger charge is 2.33. The molecule has 0 aliphatic heterocycles. The van der Waals surface area contributed by atoms with E-state index in [1.807, 2.05) is 45.0 Å². The number of aromatic nitrogens is 2. The summed E-state index contributed by atoms with van der Waals surface area (Å²) in [6, 6.07) is 13.3. The summed E-state index contributed by atoms with van der Waals surface area (Å²) in [5.74, 6) is -0.835. The first-order valence-corrected chi connectivity index (χ1v) is 17.4. The molecule has 0 amide bonds. The lowest BCUT2D eigenvalue weighted by Gasteiger charge is -2.29. The van der Waals surface area contributed by atoms with Crippen molar-refractivity contribution >= 4 is 51.5 Å². The SMILES string of the molecule is CC(C)(C)[S@+]([O-])NC(Cc1nc(Br)cc([Si](C)(C)C)c1F)c1ccccc1-c1noc2c(F)cccc12. The number of benzene rings is 2. The molecule has 2 atom stereocenters. The zero-order valence-electron chi connectivity index (χ0n) is 21.7. The van der Waals surface area contributed by atoms with Gasteiger partial charge < -0.3 is 9.08 Å². The molecule has 2 aromatic heterocycles. The molecule has 4 rings (SSSR count). The number of hydrogen-bond donors (Lipinski definition) is 1. The van der Waals surface area contributed by atoms with E-state index in [-0.39, 0.29) is 23.5 Å². The van der Waals surface area contributed by atoms with Crippen molar-refractivity contribution in [2.24, 2.45) is 0 Å². The molecule has 0 spiro atoms. The largest absolute Gasteiger partial charge is 0.598 e. The molecule has 0 fully saturated rings. The molecule has 10 heteroatoms. The number of nitrogens with one attached hydrogen (secondary N) is 1. The maximum Gasteiger partial charge on any atom is 0.203 e. The monoisotopic (exact) mass is 605 g/mol.